The van der Waals surface area contributed by atoms with Crippen molar-refractivity contribution < 1.29 is 9.18 Å². The molecular weight excluding hydrogens is 395 g/mol. The summed E-state index contributed by atoms with van der Waals surface area (Å²) in [7, 11) is 1.57. The van der Waals surface area contributed by atoms with Crippen molar-refractivity contribution in [3.8, 4) is 11.3 Å². The van der Waals surface area contributed by atoms with Crippen molar-refractivity contribution >= 4 is 17.4 Å². The monoisotopic (exact) mass is 416 g/mol. The Morgan fingerprint density at radius 1 is 1.13 bits per heavy atom. The lowest BCUT2D eigenvalue weighted by Crippen LogP contribution is -2.24. The smallest absolute Gasteiger partial charge is 0.269 e. The Bertz CT molecular complexity index is 1250. The minimum Gasteiger partial charge on any atom is -0.354 e. The van der Waals surface area contributed by atoms with Crippen LogP contribution in [0.5, 0.6) is 0 Å². The molecule has 7 nitrogen and oxygen atoms in total. The molecule has 5 rings (SSSR count). The summed E-state index contributed by atoms with van der Waals surface area (Å²) in [6, 6.07) is 14.3. The third-order valence-electron chi connectivity index (χ3n) is 5.65. The lowest BCUT2D eigenvalue weighted by molar-refractivity contribution is 0.0958. The molecule has 1 N–H and O–H groups in total. The SMILES string of the molecule is CNC(=O)c1ccc(-c2cnc3ccc(N4CCCC4c4cccc(F)c4)nn23)cn1. The zero-order valence-electron chi connectivity index (χ0n) is 17.0. The summed E-state index contributed by atoms with van der Waals surface area (Å²) in [4.78, 5) is 22.7. The van der Waals surface area contributed by atoms with Gasteiger partial charge < -0.3 is 10.2 Å². The van der Waals surface area contributed by atoms with Gasteiger partial charge in [0.15, 0.2) is 5.65 Å². The second kappa shape index (κ2) is 7.79. The van der Waals surface area contributed by atoms with E-state index >= 15 is 0 Å². The maximum absolute atomic E-state index is 13.8. The van der Waals surface area contributed by atoms with Crippen LogP contribution in [-0.2, 0) is 0 Å². The van der Waals surface area contributed by atoms with E-state index in [-0.39, 0.29) is 17.8 Å². The van der Waals surface area contributed by atoms with E-state index in [0.29, 0.717) is 5.69 Å². The van der Waals surface area contributed by atoms with E-state index in [1.807, 2.05) is 24.3 Å². The van der Waals surface area contributed by atoms with E-state index < -0.39 is 0 Å². The molecule has 4 heterocycles. The number of imidazole rings is 1. The standard InChI is InChI=1S/C23H21FN6O/c1-25-23(31)18-8-7-16(13-26-18)20-14-27-21-9-10-22(28-30(20)21)29-11-3-6-19(29)15-4-2-5-17(24)12-15/h2,4-5,7-10,12-14,19H,3,6,11H2,1H3,(H,25,31). The Hall–Kier alpha value is -3.81. The van der Waals surface area contributed by atoms with Crippen LogP contribution in [0.1, 0.15) is 34.9 Å². The zero-order chi connectivity index (χ0) is 21.4. The number of aromatic nitrogens is 4. The summed E-state index contributed by atoms with van der Waals surface area (Å²) in [6.45, 7) is 0.853. The van der Waals surface area contributed by atoms with Crippen LogP contribution in [0.15, 0.2) is 60.9 Å². The molecule has 0 saturated carbocycles. The Morgan fingerprint density at radius 2 is 2.03 bits per heavy atom. The summed E-state index contributed by atoms with van der Waals surface area (Å²) >= 11 is 0. The number of halogens is 1. The molecule has 8 heteroatoms. The summed E-state index contributed by atoms with van der Waals surface area (Å²) in [5.41, 5.74) is 3.63. The minimum absolute atomic E-state index is 0.0844. The predicted molar refractivity (Wildman–Crippen MR) is 115 cm³/mol. The second-order valence-electron chi connectivity index (χ2n) is 7.52. The fraction of sp³-hybridized carbons (Fsp3) is 0.217. The van der Waals surface area contributed by atoms with Gasteiger partial charge in [0.1, 0.15) is 17.3 Å². The predicted octanol–water partition coefficient (Wildman–Crippen LogP) is 3.63. The van der Waals surface area contributed by atoms with E-state index in [9.17, 15) is 9.18 Å². The minimum atomic E-state index is -0.234. The van der Waals surface area contributed by atoms with Gasteiger partial charge in [0, 0.05) is 25.4 Å². The summed E-state index contributed by atoms with van der Waals surface area (Å²) in [5, 5.41) is 7.41. The normalized spacial score (nSPS) is 16.1. The van der Waals surface area contributed by atoms with Gasteiger partial charge in [0.2, 0.25) is 0 Å². The number of nitrogens with one attached hydrogen (secondary N) is 1. The van der Waals surface area contributed by atoms with Crippen molar-refractivity contribution in [2.75, 3.05) is 18.5 Å². The Morgan fingerprint density at radius 3 is 2.81 bits per heavy atom. The molecule has 1 amide bonds. The Balaban J connectivity index is 1.51. The van der Waals surface area contributed by atoms with Crippen molar-refractivity contribution in [3.05, 3.63) is 78.0 Å². The first kappa shape index (κ1) is 19.2. The molecule has 1 aliphatic heterocycles. The van der Waals surface area contributed by atoms with Gasteiger partial charge in [-0.2, -0.15) is 0 Å². The first-order chi connectivity index (χ1) is 15.1. The Kier molecular flexibility index (Phi) is 4.82. The van der Waals surface area contributed by atoms with Crippen molar-refractivity contribution in [2.24, 2.45) is 0 Å². The molecule has 4 aromatic rings. The second-order valence-corrected chi connectivity index (χ2v) is 7.52. The fourth-order valence-electron chi connectivity index (χ4n) is 4.12. The van der Waals surface area contributed by atoms with Gasteiger partial charge in [0.05, 0.1) is 17.9 Å². The van der Waals surface area contributed by atoms with E-state index in [2.05, 4.69) is 20.2 Å². The first-order valence-corrected chi connectivity index (χ1v) is 10.2. The zero-order valence-corrected chi connectivity index (χ0v) is 17.0. The average Bonchev–Trinajstić information content (AvgIpc) is 3.45. The number of fused-ring (bicyclic) bond motifs is 1. The van der Waals surface area contributed by atoms with E-state index in [4.69, 9.17) is 5.10 Å². The molecule has 1 aliphatic rings. The lowest BCUT2D eigenvalue weighted by atomic mass is 10.0. The number of nitrogens with zero attached hydrogens (tertiary/aromatic N) is 5. The van der Waals surface area contributed by atoms with E-state index in [0.717, 1.165) is 47.7 Å². The molecule has 1 unspecified atom stereocenters. The summed E-state index contributed by atoms with van der Waals surface area (Å²) in [5.74, 6) is 0.355. The van der Waals surface area contributed by atoms with Gasteiger partial charge in [-0.25, -0.2) is 13.9 Å². The fourth-order valence-corrected chi connectivity index (χ4v) is 4.12. The number of anilines is 1. The van der Waals surface area contributed by atoms with Gasteiger partial charge in [-0.15, -0.1) is 5.10 Å². The Labute approximate surface area is 178 Å². The third kappa shape index (κ3) is 3.50. The van der Waals surface area contributed by atoms with Crippen molar-refractivity contribution in [3.63, 3.8) is 0 Å². The summed E-state index contributed by atoms with van der Waals surface area (Å²) < 4.78 is 15.6. The van der Waals surface area contributed by atoms with E-state index in [1.54, 1.807) is 42.2 Å². The highest BCUT2D eigenvalue weighted by Crippen LogP contribution is 2.35. The van der Waals surface area contributed by atoms with Crippen LogP contribution in [0.25, 0.3) is 16.9 Å². The number of pyridine rings is 1. The maximum Gasteiger partial charge on any atom is 0.269 e. The molecule has 0 bridgehead atoms. The third-order valence-corrected chi connectivity index (χ3v) is 5.65. The topological polar surface area (TPSA) is 75.4 Å². The van der Waals surface area contributed by atoms with Gasteiger partial charge >= 0.3 is 0 Å². The number of rotatable bonds is 4. The number of benzene rings is 1. The molecule has 31 heavy (non-hydrogen) atoms. The number of carbonyl (C=O) groups is 1. The van der Waals surface area contributed by atoms with Crippen LogP contribution in [0.3, 0.4) is 0 Å². The molecule has 0 spiro atoms. The molecule has 1 aromatic carbocycles. The number of hydrogen-bond acceptors (Lipinski definition) is 5. The van der Waals surface area contributed by atoms with Crippen LogP contribution in [0.2, 0.25) is 0 Å². The first-order valence-electron chi connectivity index (χ1n) is 10.2. The van der Waals surface area contributed by atoms with Gasteiger partial charge in [-0.05, 0) is 54.8 Å². The van der Waals surface area contributed by atoms with Gasteiger partial charge in [0.25, 0.3) is 5.91 Å². The van der Waals surface area contributed by atoms with Crippen LogP contribution in [-0.4, -0.2) is 39.1 Å². The highest BCUT2D eigenvalue weighted by atomic mass is 19.1. The van der Waals surface area contributed by atoms with Crippen molar-refractivity contribution in [1.82, 2.24) is 24.9 Å². The largest absolute Gasteiger partial charge is 0.354 e. The van der Waals surface area contributed by atoms with Gasteiger partial charge in [-0.3, -0.25) is 9.78 Å². The van der Waals surface area contributed by atoms with E-state index in [1.165, 1.54) is 6.07 Å². The van der Waals surface area contributed by atoms with Crippen LogP contribution in [0.4, 0.5) is 10.2 Å². The van der Waals surface area contributed by atoms with Crippen molar-refractivity contribution in [1.29, 1.82) is 0 Å². The lowest BCUT2D eigenvalue weighted by Gasteiger charge is -2.26. The number of hydrogen-bond donors (Lipinski definition) is 1. The molecule has 1 fully saturated rings. The highest BCUT2D eigenvalue weighted by molar-refractivity contribution is 5.92. The number of amides is 1. The molecule has 1 atom stereocenters. The number of carbonyl (C=O) groups excluding carboxylic acids is 1. The molecular formula is C23H21FN6O. The van der Waals surface area contributed by atoms with Crippen LogP contribution in [0, 0.1) is 5.82 Å². The highest BCUT2D eigenvalue weighted by Gasteiger charge is 2.28. The summed E-state index contributed by atoms with van der Waals surface area (Å²) in [6.07, 6.45) is 5.36. The molecule has 3 aromatic heterocycles. The molecule has 0 radical (unpaired) electrons. The molecule has 0 aliphatic carbocycles. The molecule has 156 valence electrons. The van der Waals surface area contributed by atoms with Gasteiger partial charge in [-0.1, -0.05) is 12.1 Å². The van der Waals surface area contributed by atoms with Crippen molar-refractivity contribution in [2.45, 2.75) is 18.9 Å². The quantitative estimate of drug-likeness (QED) is 0.550. The van der Waals surface area contributed by atoms with Crippen LogP contribution >= 0.6 is 0 Å². The maximum atomic E-state index is 13.8. The molecule has 1 saturated heterocycles. The van der Waals surface area contributed by atoms with Crippen LogP contribution < -0.4 is 10.2 Å². The average molecular weight is 416 g/mol.